The number of likely N-dealkylation sites (tertiary alicyclic amines) is 2. The molecule has 7 rings (SSSR count). The lowest BCUT2D eigenvalue weighted by Gasteiger charge is -2.41. The fraction of sp³-hybridized carbons (Fsp3) is 0.742. The lowest BCUT2D eigenvalue weighted by molar-refractivity contribution is -0.219. The first kappa shape index (κ1) is 27.6. The number of hydrogen-bond donors (Lipinski definition) is 1. The van der Waals surface area contributed by atoms with Crippen molar-refractivity contribution in [1.82, 2.24) is 9.80 Å². The molecule has 3 aliphatic heterocycles. The lowest BCUT2D eigenvalue weighted by atomic mass is 9.73. The molecule has 2 amide bonds. The van der Waals surface area contributed by atoms with E-state index >= 15 is 0 Å². The molecule has 41 heavy (non-hydrogen) atoms. The van der Waals surface area contributed by atoms with Gasteiger partial charge in [0.1, 0.15) is 5.82 Å². The number of amides is 2. The number of fused-ring (bicyclic) bond motifs is 6. The second kappa shape index (κ2) is 10.2. The van der Waals surface area contributed by atoms with E-state index in [1.165, 1.54) is 16.5 Å². The summed E-state index contributed by atoms with van der Waals surface area (Å²) >= 11 is 0. The molecule has 2 saturated heterocycles. The Labute approximate surface area is 238 Å². The van der Waals surface area contributed by atoms with Gasteiger partial charge in [0.05, 0.1) is 23.9 Å². The van der Waals surface area contributed by atoms with Gasteiger partial charge < -0.3 is 14.9 Å². The van der Waals surface area contributed by atoms with Crippen LogP contribution in [-0.2, 0) is 16.0 Å². The van der Waals surface area contributed by atoms with Crippen LogP contribution in [0, 0.1) is 47.2 Å². The Morgan fingerprint density at radius 1 is 0.878 bits per heavy atom. The molecule has 0 radical (unpaired) electrons. The van der Waals surface area contributed by atoms with Crippen molar-refractivity contribution in [2.24, 2.45) is 41.4 Å². The van der Waals surface area contributed by atoms with Gasteiger partial charge in [-0.15, -0.1) is 0 Å². The van der Waals surface area contributed by atoms with Crippen LogP contribution in [0.3, 0.4) is 0 Å². The third-order valence-corrected chi connectivity index (χ3v) is 11.6. The Morgan fingerprint density at radius 2 is 1.54 bits per heavy atom. The van der Waals surface area contributed by atoms with E-state index in [9.17, 15) is 32.3 Å². The van der Waals surface area contributed by atoms with Crippen LogP contribution >= 0.6 is 0 Å². The van der Waals surface area contributed by atoms with Crippen molar-refractivity contribution in [3.8, 4) is 0 Å². The molecule has 6 unspecified atom stereocenters. The highest BCUT2D eigenvalue weighted by Crippen LogP contribution is 2.62. The summed E-state index contributed by atoms with van der Waals surface area (Å²) in [6.45, 7) is 4.00. The molecule has 224 valence electrons. The van der Waals surface area contributed by atoms with Gasteiger partial charge in [-0.3, -0.25) is 14.5 Å². The van der Waals surface area contributed by atoms with Crippen LogP contribution in [0.15, 0.2) is 18.2 Å². The zero-order chi connectivity index (χ0) is 28.6. The number of piperidine rings is 1. The minimum Gasteiger partial charge on any atom is -0.392 e. The number of imide groups is 1. The second-order valence-electron chi connectivity index (χ2n) is 13.5. The van der Waals surface area contributed by atoms with Crippen LogP contribution in [0.2, 0.25) is 0 Å². The molecule has 8 atom stereocenters. The largest absolute Gasteiger partial charge is 0.394 e. The molecule has 3 heterocycles. The Hall–Kier alpha value is -2.20. The first-order valence-electron chi connectivity index (χ1n) is 15.5. The molecule has 3 saturated carbocycles. The standard InChI is InChI=1S/C31H39F4N3O3/c32-20-6-5-17-7-12-37(24(17)13-20)21-8-10-36(11-9-21)15-18-3-1-2-4-19(18)16-38-29(40)25-22-14-23(26(25)30(38)41)28(39)27(22)31(33,34)35/h5-6,13,18-19,21-23,25-28,39H,1-4,7-12,14-16H2/t18-,19-,22?,23?,25?,26?,27?,28?/m0/s1. The number of aliphatic hydroxyl groups excluding tert-OH is 1. The molecule has 6 nitrogen and oxygen atoms in total. The predicted molar refractivity (Wildman–Crippen MR) is 143 cm³/mol. The first-order chi connectivity index (χ1) is 19.6. The van der Waals surface area contributed by atoms with Crippen molar-refractivity contribution in [2.75, 3.05) is 37.6 Å². The lowest BCUT2D eigenvalue weighted by Crippen LogP contribution is -2.47. The van der Waals surface area contributed by atoms with Crippen molar-refractivity contribution in [1.29, 1.82) is 0 Å². The summed E-state index contributed by atoms with van der Waals surface area (Å²) in [7, 11) is 0. The number of rotatable bonds is 5. The molecule has 5 fully saturated rings. The van der Waals surface area contributed by atoms with E-state index in [0.717, 1.165) is 76.8 Å². The number of carbonyl (C=O) groups excluding carboxylic acids is 2. The van der Waals surface area contributed by atoms with Crippen molar-refractivity contribution < 1.29 is 32.3 Å². The van der Waals surface area contributed by atoms with Gasteiger partial charge in [-0.1, -0.05) is 18.9 Å². The summed E-state index contributed by atoms with van der Waals surface area (Å²) in [6.07, 6.45) is 0.946. The maximum absolute atomic E-state index is 13.9. The van der Waals surface area contributed by atoms with Gasteiger partial charge in [-0.25, -0.2) is 4.39 Å². The molecule has 10 heteroatoms. The number of anilines is 1. The van der Waals surface area contributed by atoms with Gasteiger partial charge in [-0.05, 0) is 79.9 Å². The fourth-order valence-corrected chi connectivity index (χ4v) is 9.64. The van der Waals surface area contributed by atoms with Crippen LogP contribution in [-0.4, -0.2) is 77.8 Å². The number of halogens is 4. The Morgan fingerprint density at radius 3 is 2.22 bits per heavy atom. The molecule has 6 aliphatic rings. The number of alkyl halides is 3. The number of benzene rings is 1. The van der Waals surface area contributed by atoms with Gasteiger partial charge in [0.2, 0.25) is 11.8 Å². The fourth-order valence-electron chi connectivity index (χ4n) is 9.64. The zero-order valence-electron chi connectivity index (χ0n) is 23.2. The van der Waals surface area contributed by atoms with Crippen molar-refractivity contribution in [2.45, 2.75) is 69.7 Å². The van der Waals surface area contributed by atoms with Crippen LogP contribution in [0.4, 0.5) is 23.2 Å². The molecular weight excluding hydrogens is 538 g/mol. The van der Waals surface area contributed by atoms with E-state index in [1.807, 2.05) is 6.07 Å². The third-order valence-electron chi connectivity index (χ3n) is 11.6. The summed E-state index contributed by atoms with van der Waals surface area (Å²) in [5.41, 5.74) is 2.24. The summed E-state index contributed by atoms with van der Waals surface area (Å²) < 4.78 is 55.0. The maximum Gasteiger partial charge on any atom is 0.394 e. The normalized spacial score (nSPS) is 37.8. The van der Waals surface area contributed by atoms with Crippen molar-refractivity contribution >= 4 is 17.5 Å². The average Bonchev–Trinajstić information content (AvgIpc) is 3.67. The van der Waals surface area contributed by atoms with Gasteiger partial charge >= 0.3 is 6.18 Å². The maximum atomic E-state index is 13.9. The highest BCUT2D eigenvalue weighted by Gasteiger charge is 2.71. The Balaban J connectivity index is 0.980. The Kier molecular flexibility index (Phi) is 6.88. The zero-order valence-corrected chi connectivity index (χ0v) is 23.2. The molecule has 1 aromatic carbocycles. The molecule has 3 aliphatic carbocycles. The highest BCUT2D eigenvalue weighted by atomic mass is 19.4. The van der Waals surface area contributed by atoms with E-state index in [2.05, 4.69) is 9.80 Å². The van der Waals surface area contributed by atoms with Crippen molar-refractivity contribution in [3.05, 3.63) is 29.6 Å². The minimum absolute atomic E-state index is 0.103. The van der Waals surface area contributed by atoms with E-state index < -0.39 is 47.8 Å². The molecule has 1 N–H and O–H groups in total. The van der Waals surface area contributed by atoms with E-state index in [4.69, 9.17) is 0 Å². The van der Waals surface area contributed by atoms with Crippen LogP contribution in [0.5, 0.6) is 0 Å². The van der Waals surface area contributed by atoms with Gasteiger partial charge in [0, 0.05) is 44.5 Å². The van der Waals surface area contributed by atoms with Crippen molar-refractivity contribution in [3.63, 3.8) is 0 Å². The van der Waals surface area contributed by atoms with Crippen LogP contribution < -0.4 is 4.90 Å². The topological polar surface area (TPSA) is 64.1 Å². The van der Waals surface area contributed by atoms with Gasteiger partial charge in [-0.2, -0.15) is 13.2 Å². The Bertz CT molecular complexity index is 1200. The smallest absolute Gasteiger partial charge is 0.392 e. The predicted octanol–water partition coefficient (Wildman–Crippen LogP) is 4.25. The molecule has 2 bridgehead atoms. The number of carbonyl (C=O) groups is 2. The average molecular weight is 578 g/mol. The van der Waals surface area contributed by atoms with Gasteiger partial charge in [0.15, 0.2) is 0 Å². The monoisotopic (exact) mass is 577 g/mol. The van der Waals surface area contributed by atoms with E-state index in [0.29, 0.717) is 12.0 Å². The summed E-state index contributed by atoms with van der Waals surface area (Å²) in [5, 5.41) is 10.4. The van der Waals surface area contributed by atoms with Crippen LogP contribution in [0.1, 0.15) is 50.5 Å². The number of aliphatic hydroxyl groups is 1. The summed E-state index contributed by atoms with van der Waals surface area (Å²) in [6, 6.07) is 5.48. The van der Waals surface area contributed by atoms with E-state index in [-0.39, 0.29) is 30.6 Å². The minimum atomic E-state index is -4.57. The molecule has 0 spiro atoms. The second-order valence-corrected chi connectivity index (χ2v) is 13.5. The highest BCUT2D eigenvalue weighted by molar-refractivity contribution is 6.06. The quantitative estimate of drug-likeness (QED) is 0.419. The number of hydrogen-bond acceptors (Lipinski definition) is 5. The van der Waals surface area contributed by atoms with E-state index in [1.54, 1.807) is 6.07 Å². The molecule has 1 aromatic rings. The third kappa shape index (κ3) is 4.58. The first-order valence-corrected chi connectivity index (χ1v) is 15.5. The summed E-state index contributed by atoms with van der Waals surface area (Å²) in [5.74, 6) is -5.96. The van der Waals surface area contributed by atoms with Gasteiger partial charge in [0.25, 0.3) is 0 Å². The van der Waals surface area contributed by atoms with Crippen LogP contribution in [0.25, 0.3) is 0 Å². The summed E-state index contributed by atoms with van der Waals surface area (Å²) in [4.78, 5) is 33.0. The molecule has 0 aromatic heterocycles. The SMILES string of the molecule is O=C1C2C3CC(C2C(=O)N1C[C@@H]1CCCC[C@H]1CN1CCC(N2CCc4ccc(F)cc42)CC1)C(C(F)(F)F)C3O. The molecular formula is C31H39F4N3O3. The number of nitrogens with zero attached hydrogens (tertiary/aromatic N) is 3.